The Hall–Kier alpha value is -1.31. The molecule has 1 aliphatic heterocycles. The van der Waals surface area contributed by atoms with Gasteiger partial charge in [-0.2, -0.15) is 4.31 Å². The molecule has 9 nitrogen and oxygen atoms in total. The average molecular weight is 570 g/mol. The number of guanidine groups is 1. The number of nitrogens with zero attached hydrogens (tertiary/aromatic N) is 3. The zero-order valence-electron chi connectivity index (χ0n) is 19.0. The van der Waals surface area contributed by atoms with Crippen molar-refractivity contribution in [3.05, 3.63) is 23.8 Å². The Labute approximate surface area is 203 Å². The second kappa shape index (κ2) is 13.3. The van der Waals surface area contributed by atoms with Crippen molar-refractivity contribution in [2.24, 2.45) is 4.99 Å². The van der Waals surface area contributed by atoms with E-state index in [0.717, 1.165) is 11.5 Å². The van der Waals surface area contributed by atoms with Gasteiger partial charge in [0, 0.05) is 39.8 Å². The summed E-state index contributed by atoms with van der Waals surface area (Å²) >= 11 is 0. The molecule has 0 amide bonds. The maximum absolute atomic E-state index is 12.5. The lowest BCUT2D eigenvalue weighted by Crippen LogP contribution is -2.54. The van der Waals surface area contributed by atoms with Gasteiger partial charge in [0.05, 0.1) is 32.7 Å². The molecule has 0 aliphatic carbocycles. The number of ether oxygens (including phenoxy) is 3. The first-order chi connectivity index (χ1) is 14.3. The third-order valence-corrected chi connectivity index (χ3v) is 6.67. The van der Waals surface area contributed by atoms with Crippen molar-refractivity contribution >= 4 is 40.0 Å². The molecule has 1 heterocycles. The van der Waals surface area contributed by atoms with E-state index in [9.17, 15) is 8.42 Å². The molecule has 0 atom stereocenters. The number of methoxy groups -OCH3 is 2. The molecular weight excluding hydrogens is 535 g/mol. The number of benzene rings is 1. The van der Waals surface area contributed by atoms with E-state index in [1.807, 2.05) is 32.0 Å². The summed E-state index contributed by atoms with van der Waals surface area (Å²) in [4.78, 5) is 6.41. The van der Waals surface area contributed by atoms with E-state index in [4.69, 9.17) is 14.2 Å². The number of rotatable bonds is 9. The molecule has 0 radical (unpaired) electrons. The van der Waals surface area contributed by atoms with Crippen LogP contribution in [0.2, 0.25) is 0 Å². The SMILES string of the molecule is CN=C(NCc1ccc(OC)c(OC)c1)N1CCN(S(=O)(=O)CCOC(C)C)CC1.I. The van der Waals surface area contributed by atoms with Gasteiger partial charge in [-0.15, -0.1) is 24.0 Å². The minimum atomic E-state index is -3.31. The summed E-state index contributed by atoms with van der Waals surface area (Å²) in [6, 6.07) is 5.75. The van der Waals surface area contributed by atoms with Gasteiger partial charge >= 0.3 is 0 Å². The fraction of sp³-hybridized carbons (Fsp3) is 0.650. The van der Waals surface area contributed by atoms with Crippen LogP contribution in [-0.2, 0) is 21.3 Å². The predicted molar refractivity (Wildman–Crippen MR) is 133 cm³/mol. The molecule has 1 aliphatic rings. The number of halogens is 1. The Morgan fingerprint density at radius 3 is 2.32 bits per heavy atom. The first kappa shape index (κ1) is 27.7. The molecule has 0 aromatic heterocycles. The summed E-state index contributed by atoms with van der Waals surface area (Å²) in [6.07, 6.45) is 0.0251. The monoisotopic (exact) mass is 570 g/mol. The molecule has 1 aromatic rings. The third-order valence-electron chi connectivity index (χ3n) is 4.83. The minimum Gasteiger partial charge on any atom is -0.493 e. The Morgan fingerprint density at radius 1 is 1.13 bits per heavy atom. The molecule has 0 spiro atoms. The number of hydrogen-bond donors (Lipinski definition) is 1. The summed E-state index contributed by atoms with van der Waals surface area (Å²) in [5.74, 6) is 2.11. The maximum Gasteiger partial charge on any atom is 0.216 e. The van der Waals surface area contributed by atoms with Crippen molar-refractivity contribution in [1.29, 1.82) is 0 Å². The molecule has 0 bridgehead atoms. The quantitative estimate of drug-likeness (QED) is 0.275. The van der Waals surface area contributed by atoms with Crippen molar-refractivity contribution in [2.75, 3.05) is 59.8 Å². The molecule has 1 fully saturated rings. The van der Waals surface area contributed by atoms with Crippen LogP contribution in [0.3, 0.4) is 0 Å². The van der Waals surface area contributed by atoms with E-state index < -0.39 is 10.0 Å². The van der Waals surface area contributed by atoms with Crippen LogP contribution in [0.5, 0.6) is 11.5 Å². The highest BCUT2D eigenvalue weighted by molar-refractivity contribution is 14.0. The van der Waals surface area contributed by atoms with Crippen LogP contribution in [-0.4, -0.2) is 89.5 Å². The highest BCUT2D eigenvalue weighted by Gasteiger charge is 2.28. The topological polar surface area (TPSA) is 92.7 Å². The van der Waals surface area contributed by atoms with Crippen LogP contribution in [0.4, 0.5) is 0 Å². The number of nitrogens with one attached hydrogen (secondary N) is 1. The third kappa shape index (κ3) is 8.28. The van der Waals surface area contributed by atoms with Crippen LogP contribution in [0.15, 0.2) is 23.2 Å². The van der Waals surface area contributed by atoms with Crippen LogP contribution < -0.4 is 14.8 Å². The van der Waals surface area contributed by atoms with Gasteiger partial charge in [-0.25, -0.2) is 8.42 Å². The van der Waals surface area contributed by atoms with Gasteiger partial charge in [0.25, 0.3) is 0 Å². The van der Waals surface area contributed by atoms with Gasteiger partial charge in [0.2, 0.25) is 10.0 Å². The lowest BCUT2D eigenvalue weighted by molar-refractivity contribution is 0.0904. The number of sulfonamides is 1. The number of hydrogen-bond acceptors (Lipinski definition) is 6. The van der Waals surface area contributed by atoms with Crippen molar-refractivity contribution in [1.82, 2.24) is 14.5 Å². The number of piperazine rings is 1. The molecule has 0 saturated carbocycles. The minimum absolute atomic E-state index is 0. The summed E-state index contributed by atoms with van der Waals surface area (Å²) in [7, 11) is 1.63. The van der Waals surface area contributed by atoms with Gasteiger partial charge in [0.15, 0.2) is 17.5 Å². The van der Waals surface area contributed by atoms with E-state index in [2.05, 4.69) is 15.2 Å². The molecule has 1 saturated heterocycles. The molecule has 31 heavy (non-hydrogen) atoms. The first-order valence-corrected chi connectivity index (χ1v) is 11.7. The van der Waals surface area contributed by atoms with Gasteiger partial charge in [-0.1, -0.05) is 6.07 Å². The highest BCUT2D eigenvalue weighted by Crippen LogP contribution is 2.27. The average Bonchev–Trinajstić information content (AvgIpc) is 2.74. The summed E-state index contributed by atoms with van der Waals surface area (Å²) in [5.41, 5.74) is 1.03. The van der Waals surface area contributed by atoms with E-state index >= 15 is 0 Å². The summed E-state index contributed by atoms with van der Waals surface area (Å²) in [5, 5.41) is 3.34. The fourth-order valence-corrected chi connectivity index (χ4v) is 4.48. The molecule has 0 unspecified atom stereocenters. The van der Waals surface area contributed by atoms with E-state index in [1.54, 1.807) is 21.3 Å². The van der Waals surface area contributed by atoms with Gasteiger partial charge < -0.3 is 24.4 Å². The Kier molecular flexibility index (Phi) is 11.9. The van der Waals surface area contributed by atoms with E-state index in [0.29, 0.717) is 44.2 Å². The second-order valence-corrected chi connectivity index (χ2v) is 9.30. The smallest absolute Gasteiger partial charge is 0.216 e. The molecule has 1 aromatic carbocycles. The predicted octanol–water partition coefficient (Wildman–Crippen LogP) is 1.77. The number of aliphatic imine (C=N–C) groups is 1. The molecule has 178 valence electrons. The van der Waals surface area contributed by atoms with Crippen molar-refractivity contribution < 1.29 is 22.6 Å². The Morgan fingerprint density at radius 2 is 1.77 bits per heavy atom. The Bertz CT molecular complexity index is 812. The zero-order valence-corrected chi connectivity index (χ0v) is 22.1. The first-order valence-electron chi connectivity index (χ1n) is 10.1. The largest absolute Gasteiger partial charge is 0.493 e. The zero-order chi connectivity index (χ0) is 22.1. The van der Waals surface area contributed by atoms with Crippen molar-refractivity contribution in [3.8, 4) is 11.5 Å². The van der Waals surface area contributed by atoms with Gasteiger partial charge in [-0.05, 0) is 31.5 Å². The normalized spacial score (nSPS) is 15.5. The standard InChI is InChI=1S/C20H34N4O5S.HI/c1-16(2)29-12-13-30(25,26)24-10-8-23(9-11-24)20(21-3)22-15-17-6-7-18(27-4)19(14-17)28-5;/h6-7,14,16H,8-13,15H2,1-5H3,(H,21,22);1H. The molecular formula is C20H35IN4O5S. The maximum atomic E-state index is 12.5. The molecule has 2 rings (SSSR count). The van der Waals surface area contributed by atoms with Gasteiger partial charge in [0.1, 0.15) is 0 Å². The van der Waals surface area contributed by atoms with Crippen LogP contribution in [0.1, 0.15) is 19.4 Å². The summed E-state index contributed by atoms with van der Waals surface area (Å²) in [6.45, 7) is 6.60. The Balaban J connectivity index is 0.00000480. The van der Waals surface area contributed by atoms with Crippen molar-refractivity contribution in [2.45, 2.75) is 26.5 Å². The molecule has 11 heteroatoms. The molecule has 1 N–H and O–H groups in total. The van der Waals surface area contributed by atoms with Gasteiger partial charge in [-0.3, -0.25) is 4.99 Å². The van der Waals surface area contributed by atoms with Crippen LogP contribution in [0, 0.1) is 0 Å². The lowest BCUT2D eigenvalue weighted by Gasteiger charge is -2.35. The fourth-order valence-electron chi connectivity index (χ4n) is 3.20. The lowest BCUT2D eigenvalue weighted by atomic mass is 10.2. The van der Waals surface area contributed by atoms with Crippen LogP contribution in [0.25, 0.3) is 0 Å². The van der Waals surface area contributed by atoms with Crippen molar-refractivity contribution in [3.63, 3.8) is 0 Å². The van der Waals surface area contributed by atoms with E-state index in [-0.39, 0.29) is 42.4 Å². The second-order valence-electron chi connectivity index (χ2n) is 7.21. The van der Waals surface area contributed by atoms with E-state index in [1.165, 1.54) is 4.31 Å². The van der Waals surface area contributed by atoms with Crippen LogP contribution >= 0.6 is 24.0 Å². The highest BCUT2D eigenvalue weighted by atomic mass is 127. The summed E-state index contributed by atoms with van der Waals surface area (Å²) < 4.78 is 42.5.